The van der Waals surface area contributed by atoms with Crippen molar-refractivity contribution in [3.05, 3.63) is 101 Å². The molecule has 0 spiro atoms. The third kappa shape index (κ3) is 15.8. The topological polar surface area (TPSA) is 315 Å². The highest BCUT2D eigenvalue weighted by Gasteiger charge is 2.49. The van der Waals surface area contributed by atoms with Gasteiger partial charge in [-0.05, 0) is 99.5 Å². The number of nitrogens with one attached hydrogen (secondary N) is 2. The predicted molar refractivity (Wildman–Crippen MR) is 330 cm³/mol. The molecule has 4 aliphatic heterocycles. The van der Waals surface area contributed by atoms with Gasteiger partial charge in [-0.15, -0.1) is 0 Å². The Hall–Kier alpha value is -7.03. The highest BCUT2D eigenvalue weighted by atomic mass is 33.1. The van der Waals surface area contributed by atoms with Crippen LogP contribution in [0, 0.1) is 12.8 Å². The van der Waals surface area contributed by atoms with Gasteiger partial charge in [0.2, 0.25) is 5.91 Å². The second kappa shape index (κ2) is 29.8. The Morgan fingerprint density at radius 3 is 1.92 bits per heavy atom. The fourth-order valence-corrected chi connectivity index (χ4v) is 14.4. The number of primary amides is 1. The van der Waals surface area contributed by atoms with Gasteiger partial charge in [0.05, 0.1) is 78.3 Å². The van der Waals surface area contributed by atoms with Gasteiger partial charge < -0.3 is 70.9 Å². The number of nitrogens with zero attached hydrogens (tertiary/aromatic N) is 4. The number of nitrogens with two attached hydrogens (primary N) is 2. The van der Waals surface area contributed by atoms with E-state index in [1.54, 1.807) is 68.0 Å². The number of urea groups is 1. The number of aliphatic hydroxyl groups excluding tert-OH is 3. The van der Waals surface area contributed by atoms with Crippen LogP contribution >= 0.6 is 21.6 Å². The number of aryl methyl sites for hydroxylation is 1. The van der Waals surface area contributed by atoms with Crippen molar-refractivity contribution in [2.45, 2.75) is 146 Å². The Balaban J connectivity index is 0.902. The number of anilines is 2. The highest BCUT2D eigenvalue weighted by molar-refractivity contribution is 8.77. The van der Waals surface area contributed by atoms with E-state index in [4.69, 9.17) is 35.2 Å². The van der Waals surface area contributed by atoms with Gasteiger partial charge in [0.1, 0.15) is 19.0 Å². The van der Waals surface area contributed by atoms with Crippen molar-refractivity contribution in [1.82, 2.24) is 20.4 Å². The van der Waals surface area contributed by atoms with Crippen molar-refractivity contribution in [2.24, 2.45) is 17.4 Å². The Morgan fingerprint density at radius 1 is 0.782 bits per heavy atom. The van der Waals surface area contributed by atoms with E-state index >= 15 is 0 Å². The minimum atomic E-state index is -1.51. The third-order valence-corrected chi connectivity index (χ3v) is 19.7. The van der Waals surface area contributed by atoms with Gasteiger partial charge in [0.15, 0.2) is 29.7 Å². The third-order valence-electron chi connectivity index (χ3n) is 16.4. The van der Waals surface area contributed by atoms with E-state index in [0.717, 1.165) is 46.6 Å². The number of ether oxygens (including phenoxy) is 5. The number of carbonyl (C=O) groups excluding carboxylic acids is 7. The zero-order valence-electron chi connectivity index (χ0n) is 49.9. The normalized spacial score (nSPS) is 20.2. The molecule has 1 saturated carbocycles. The van der Waals surface area contributed by atoms with E-state index in [-0.39, 0.29) is 128 Å². The molecule has 1 aliphatic carbocycles. The molecule has 5 aliphatic rings. The van der Waals surface area contributed by atoms with Crippen LogP contribution in [0.5, 0.6) is 17.2 Å². The molecule has 3 fully saturated rings. The number of hydrogen-bond donors (Lipinski definition) is 7. The van der Waals surface area contributed by atoms with Gasteiger partial charge in [-0.1, -0.05) is 96.8 Å². The van der Waals surface area contributed by atoms with Crippen LogP contribution in [0.3, 0.4) is 0 Å². The molecule has 2 unspecified atom stereocenters. The first-order chi connectivity index (χ1) is 41.6. The summed E-state index contributed by atoms with van der Waals surface area (Å²) in [7, 11) is 4.59. The highest BCUT2D eigenvalue weighted by Crippen LogP contribution is 2.48. The van der Waals surface area contributed by atoms with Gasteiger partial charge in [0.25, 0.3) is 11.8 Å². The maximum absolute atomic E-state index is 14.3. The summed E-state index contributed by atoms with van der Waals surface area (Å²) in [4.78, 5) is 99.8. The Bertz CT molecular complexity index is 3050. The Labute approximate surface area is 515 Å². The molecular formula is C62H82N8O15S2. The van der Waals surface area contributed by atoms with Crippen molar-refractivity contribution in [2.75, 3.05) is 68.7 Å². The second-order valence-corrected chi connectivity index (χ2v) is 26.1. The summed E-state index contributed by atoms with van der Waals surface area (Å²) in [6.45, 7) is 14.5. The quantitative estimate of drug-likeness (QED) is 0.0239. The monoisotopic (exact) mass is 1240 g/mol. The maximum atomic E-state index is 14.3. The van der Waals surface area contributed by atoms with E-state index in [2.05, 4.69) is 23.8 Å². The second-order valence-electron chi connectivity index (χ2n) is 23.2. The molecule has 0 radical (unpaired) electrons. The fraction of sp³-hybridized carbons (Fsp3) is 0.532. The molecule has 472 valence electrons. The minimum absolute atomic E-state index is 0.0290. The molecule has 3 aromatic carbocycles. The number of Topliss-reactive ketones (excluding diaryl/α,β-unsaturated/α-hetero) is 1. The molecule has 7 amide bonds. The molecule has 3 aromatic rings. The number of ketones is 1. The number of rotatable bonds is 27. The lowest BCUT2D eigenvalue weighted by atomic mass is 9.98. The van der Waals surface area contributed by atoms with Crippen molar-refractivity contribution in [3.63, 3.8) is 0 Å². The zero-order chi connectivity index (χ0) is 62.7. The number of benzene rings is 3. The molecule has 2 saturated heterocycles. The molecule has 9 N–H and O–H groups in total. The summed E-state index contributed by atoms with van der Waals surface area (Å²) in [6.07, 6.45) is 1.77. The summed E-state index contributed by atoms with van der Waals surface area (Å²) < 4.78 is 29.8. The minimum Gasteiger partial charge on any atom is -0.493 e. The van der Waals surface area contributed by atoms with Gasteiger partial charge in [-0.25, -0.2) is 24.2 Å². The molecule has 6 atom stereocenters. The van der Waals surface area contributed by atoms with Gasteiger partial charge in [-0.2, -0.15) is 0 Å². The zero-order valence-corrected chi connectivity index (χ0v) is 51.6. The van der Waals surface area contributed by atoms with E-state index in [0.29, 0.717) is 60.3 Å². The molecular weight excluding hydrogens is 1160 g/mol. The number of hydrogen-bond acceptors (Lipinski definition) is 18. The number of carbonyl (C=O) groups is 7. The molecule has 0 bridgehead atoms. The van der Waals surface area contributed by atoms with Crippen LogP contribution in [0.1, 0.15) is 122 Å². The molecule has 23 nitrogen and oxygen atoms in total. The van der Waals surface area contributed by atoms with Crippen LogP contribution < -0.4 is 46.1 Å². The lowest BCUT2D eigenvalue weighted by Crippen LogP contribution is -2.51. The standard InChI is InChI=1S/C62H82N8O15S2/c1-36(2)53(63)54(73)66-44(13-12-20-65-59(64)78)49(72)28-40-14-16-41(17-15-40)34-84-60(79)69-45-30-50(39(5)27-42(45)55(74)67-32-37(3)25-47(67)57(69)76)82-22-10-7-11-23-83-52-31-46-43(29-51(52)81-6)56(75)68-33-38(4)26-48(68)58(77)70(46)61(80)85-35-62(18-8-9-19-62)87-86-24-21-71/h14-17,27,29-31,36,44,47-48,53,57-58,71,76-77H,3-4,7-13,18-26,28,32-35,63H2,1-2,5-6H3,(H,66,73)(H3,64,65,78)/t44-,47-,48-,53-,57?,58?/m0/s1. The average Bonchev–Trinajstić information content (AvgIpc) is 1.72. The molecule has 87 heavy (non-hydrogen) atoms. The number of methoxy groups -OCH3 is 1. The number of fused-ring (bicyclic) bond motifs is 4. The molecule has 0 aromatic heterocycles. The molecule has 25 heteroatoms. The molecule has 4 heterocycles. The summed E-state index contributed by atoms with van der Waals surface area (Å²) >= 11 is 0. The van der Waals surface area contributed by atoms with Crippen LogP contribution in [0.4, 0.5) is 25.8 Å². The van der Waals surface area contributed by atoms with Crippen LogP contribution in [0.2, 0.25) is 0 Å². The largest absolute Gasteiger partial charge is 0.493 e. The number of aliphatic hydroxyl groups is 3. The predicted octanol–water partition coefficient (Wildman–Crippen LogP) is 6.64. The van der Waals surface area contributed by atoms with E-state index < -0.39 is 66.7 Å². The van der Waals surface area contributed by atoms with E-state index in [1.807, 2.05) is 0 Å². The van der Waals surface area contributed by atoms with E-state index in [1.165, 1.54) is 39.8 Å². The number of amides is 7. The SMILES string of the molecule is C=C1C[C@H]2C(O)N(C(=O)OCc3ccc(CC(=O)[C@H](CCCNC(N)=O)NC(=O)[C@@H](N)C(C)C)cc3)c3cc(OCCCCCOc4cc5c(cc4OC)C(=O)N4CC(=C)C[C@H]4C(O)N5C(=O)OCC4(SSCCO)CCCC4)c(C)cc3C(=O)N2C1. The summed E-state index contributed by atoms with van der Waals surface area (Å²) in [5.74, 6) is -0.270. The van der Waals surface area contributed by atoms with E-state index in [9.17, 15) is 48.9 Å². The average molecular weight is 1240 g/mol. The van der Waals surface area contributed by atoms with Crippen LogP contribution in [-0.4, -0.2) is 167 Å². The lowest BCUT2D eigenvalue weighted by Gasteiger charge is -2.33. The van der Waals surface area contributed by atoms with Crippen molar-refractivity contribution >= 4 is 74.7 Å². The smallest absolute Gasteiger partial charge is 0.416 e. The van der Waals surface area contributed by atoms with Crippen LogP contribution in [0.15, 0.2) is 72.8 Å². The first-order valence-electron chi connectivity index (χ1n) is 29.6. The van der Waals surface area contributed by atoms with Crippen LogP contribution in [-0.2, 0) is 32.1 Å². The fourth-order valence-electron chi connectivity index (χ4n) is 11.6. The van der Waals surface area contributed by atoms with Gasteiger partial charge in [0, 0.05) is 43.9 Å². The van der Waals surface area contributed by atoms with Crippen molar-refractivity contribution in [3.8, 4) is 17.2 Å². The first-order valence-corrected chi connectivity index (χ1v) is 31.9. The van der Waals surface area contributed by atoms with Crippen molar-refractivity contribution < 1.29 is 72.6 Å². The van der Waals surface area contributed by atoms with Crippen molar-refractivity contribution in [1.29, 1.82) is 0 Å². The first kappa shape index (κ1) is 65.9. The maximum Gasteiger partial charge on any atom is 0.416 e. The molecule has 8 rings (SSSR count). The summed E-state index contributed by atoms with van der Waals surface area (Å²) in [5, 5.41) is 38.6. The van der Waals surface area contributed by atoms with Crippen LogP contribution in [0.25, 0.3) is 0 Å². The lowest BCUT2D eigenvalue weighted by molar-refractivity contribution is -0.129. The van der Waals surface area contributed by atoms with Gasteiger partial charge >= 0.3 is 18.2 Å². The van der Waals surface area contributed by atoms with Gasteiger partial charge in [-0.3, -0.25) is 19.2 Å². The summed E-state index contributed by atoms with van der Waals surface area (Å²) in [5.41, 5.74) is 15.1. The Morgan fingerprint density at radius 2 is 1.34 bits per heavy atom. The summed E-state index contributed by atoms with van der Waals surface area (Å²) in [6, 6.07) is 9.09. The number of unbranched alkanes of at least 4 members (excludes halogenated alkanes) is 2. The Kier molecular flexibility index (Phi) is 22.6.